The lowest BCUT2D eigenvalue weighted by molar-refractivity contribution is 0.0907. The molecule has 2 atom stereocenters. The van der Waals surface area contributed by atoms with Crippen LogP contribution in [0.5, 0.6) is 5.75 Å². The number of sulfonamides is 1. The lowest BCUT2D eigenvalue weighted by Gasteiger charge is -2.24. The summed E-state index contributed by atoms with van der Waals surface area (Å²) in [5, 5.41) is 2.77. The Hall–Kier alpha value is -3.14. The molecule has 4 rings (SSSR count). The fourth-order valence-electron chi connectivity index (χ4n) is 4.69. The van der Waals surface area contributed by atoms with Gasteiger partial charge in [-0.3, -0.25) is 4.79 Å². The zero-order chi connectivity index (χ0) is 27.3. The Morgan fingerprint density at radius 2 is 1.95 bits per heavy atom. The number of carbonyl (C=O) groups excluding carboxylic acids is 1. The van der Waals surface area contributed by atoms with Gasteiger partial charge in [0.1, 0.15) is 22.5 Å². The number of hydrogen-bond acceptors (Lipinski definition) is 6. The van der Waals surface area contributed by atoms with Crippen LogP contribution in [0.1, 0.15) is 65.6 Å². The van der Waals surface area contributed by atoms with Crippen molar-refractivity contribution in [1.82, 2.24) is 9.62 Å². The van der Waals surface area contributed by atoms with E-state index in [9.17, 15) is 13.2 Å². The van der Waals surface area contributed by atoms with Crippen molar-refractivity contribution in [3.63, 3.8) is 0 Å². The summed E-state index contributed by atoms with van der Waals surface area (Å²) in [6, 6.07) is 16.4. The number of fused-ring (bicyclic) bond motifs is 1. The second-order valence-corrected chi connectivity index (χ2v) is 11.4. The molecule has 1 N–H and O–H groups in total. The zero-order valence-electron chi connectivity index (χ0n) is 22.4. The molecule has 1 amide bonds. The first-order chi connectivity index (χ1) is 18.3. The standard InChI is InChI=1S/C29H36N2O6S/c1-5-23-19-31(38(33,34)28-10-8-7-9-26(28)36-23)18-22-17-21(12-11-20(22)3)24(6-2)25-13-14-27(37-25)29(32)30-15-16-35-4/h7-14,17,23-24H,5-6,15-16,18-19H2,1-4H3,(H,30,32)/t23-,24?/m1/s1. The molecular weight excluding hydrogens is 504 g/mol. The molecular formula is C29H36N2O6S. The van der Waals surface area contributed by atoms with Crippen LogP contribution in [0, 0.1) is 6.92 Å². The number of ether oxygens (including phenoxy) is 2. The molecule has 1 aliphatic heterocycles. The molecule has 9 heteroatoms. The molecule has 0 saturated carbocycles. The highest BCUT2D eigenvalue weighted by Gasteiger charge is 2.34. The Kier molecular flexibility index (Phi) is 8.91. The van der Waals surface area contributed by atoms with Gasteiger partial charge in [0.05, 0.1) is 13.2 Å². The van der Waals surface area contributed by atoms with Crippen LogP contribution < -0.4 is 10.1 Å². The minimum atomic E-state index is -3.75. The SMILES string of the molecule is CCC(c1ccc(C)c(CN2C[C@@H](CC)Oc3ccccc3S2(=O)=O)c1)c1ccc(C(=O)NCCOC)o1. The van der Waals surface area contributed by atoms with Gasteiger partial charge in [-0.1, -0.05) is 44.2 Å². The lowest BCUT2D eigenvalue weighted by Crippen LogP contribution is -2.36. The van der Waals surface area contributed by atoms with Crippen LogP contribution in [-0.2, 0) is 21.3 Å². The molecule has 3 aromatic rings. The monoisotopic (exact) mass is 540 g/mol. The van der Waals surface area contributed by atoms with Gasteiger partial charge in [-0.25, -0.2) is 8.42 Å². The quantitative estimate of drug-likeness (QED) is 0.369. The van der Waals surface area contributed by atoms with Crippen LogP contribution in [0.25, 0.3) is 0 Å². The van der Waals surface area contributed by atoms with Crippen molar-refractivity contribution in [2.45, 2.75) is 57.1 Å². The molecule has 2 heterocycles. The maximum absolute atomic E-state index is 13.6. The predicted molar refractivity (Wildman–Crippen MR) is 145 cm³/mol. The number of aryl methyl sites for hydroxylation is 1. The van der Waals surface area contributed by atoms with Crippen molar-refractivity contribution < 1.29 is 27.1 Å². The second-order valence-electron chi connectivity index (χ2n) is 9.49. The molecule has 1 aliphatic rings. The van der Waals surface area contributed by atoms with E-state index in [-0.39, 0.29) is 41.7 Å². The molecule has 2 aromatic carbocycles. The summed E-state index contributed by atoms with van der Waals surface area (Å²) >= 11 is 0. The van der Waals surface area contributed by atoms with Crippen molar-refractivity contribution in [3.05, 3.63) is 82.8 Å². The number of nitrogens with zero attached hydrogens (tertiary/aromatic N) is 1. The van der Waals surface area contributed by atoms with Crippen molar-refractivity contribution >= 4 is 15.9 Å². The number of para-hydroxylation sites is 1. The Morgan fingerprint density at radius 3 is 2.68 bits per heavy atom. The number of carbonyl (C=O) groups is 1. The number of furan rings is 1. The Balaban J connectivity index is 1.61. The van der Waals surface area contributed by atoms with Gasteiger partial charge in [-0.2, -0.15) is 4.31 Å². The molecule has 0 saturated heterocycles. The maximum Gasteiger partial charge on any atom is 0.287 e. The largest absolute Gasteiger partial charge is 0.488 e. The average molecular weight is 541 g/mol. The van der Waals surface area contributed by atoms with Crippen LogP contribution in [0.3, 0.4) is 0 Å². The van der Waals surface area contributed by atoms with Gasteiger partial charge in [0.25, 0.3) is 5.91 Å². The first kappa shape index (κ1) is 27.9. The third-order valence-corrected chi connectivity index (χ3v) is 8.79. The Morgan fingerprint density at radius 1 is 1.16 bits per heavy atom. The molecule has 0 radical (unpaired) electrons. The fourth-order valence-corrected chi connectivity index (χ4v) is 6.26. The van der Waals surface area contributed by atoms with E-state index in [0.29, 0.717) is 31.1 Å². The number of amides is 1. The summed E-state index contributed by atoms with van der Waals surface area (Å²) in [5.74, 6) is 0.977. The van der Waals surface area contributed by atoms with E-state index < -0.39 is 10.0 Å². The number of methoxy groups -OCH3 is 1. The van der Waals surface area contributed by atoms with E-state index in [1.807, 2.05) is 32.0 Å². The van der Waals surface area contributed by atoms with E-state index in [2.05, 4.69) is 18.3 Å². The highest BCUT2D eigenvalue weighted by Crippen LogP contribution is 2.34. The van der Waals surface area contributed by atoms with Gasteiger partial charge in [0, 0.05) is 26.1 Å². The van der Waals surface area contributed by atoms with E-state index >= 15 is 0 Å². The summed E-state index contributed by atoms with van der Waals surface area (Å²) in [6.07, 6.45) is 1.20. The molecule has 0 bridgehead atoms. The number of rotatable bonds is 10. The van der Waals surface area contributed by atoms with Crippen LogP contribution in [0.4, 0.5) is 0 Å². The van der Waals surface area contributed by atoms with E-state index in [0.717, 1.165) is 23.1 Å². The van der Waals surface area contributed by atoms with Crippen molar-refractivity contribution in [3.8, 4) is 5.75 Å². The van der Waals surface area contributed by atoms with Crippen molar-refractivity contribution in [1.29, 1.82) is 0 Å². The first-order valence-electron chi connectivity index (χ1n) is 13.0. The third kappa shape index (κ3) is 5.95. The van der Waals surface area contributed by atoms with Crippen LogP contribution in [0.15, 0.2) is 63.9 Å². The smallest absolute Gasteiger partial charge is 0.287 e. The molecule has 0 spiro atoms. The summed E-state index contributed by atoms with van der Waals surface area (Å²) in [6.45, 7) is 7.37. The van der Waals surface area contributed by atoms with Crippen LogP contribution in [0.2, 0.25) is 0 Å². The summed E-state index contributed by atoms with van der Waals surface area (Å²) < 4.78 is 45.8. The average Bonchev–Trinajstić information content (AvgIpc) is 3.36. The van der Waals surface area contributed by atoms with Crippen molar-refractivity contribution in [2.24, 2.45) is 0 Å². The molecule has 0 fully saturated rings. The summed E-state index contributed by atoms with van der Waals surface area (Å²) in [5.41, 5.74) is 2.93. The molecule has 1 aromatic heterocycles. The Bertz CT molecular complexity index is 1370. The predicted octanol–water partition coefficient (Wildman–Crippen LogP) is 4.87. The van der Waals surface area contributed by atoms with Crippen LogP contribution in [-0.4, -0.2) is 51.5 Å². The highest BCUT2D eigenvalue weighted by molar-refractivity contribution is 7.89. The molecule has 0 aliphatic carbocycles. The molecule has 38 heavy (non-hydrogen) atoms. The minimum absolute atomic E-state index is 0.0805. The van der Waals surface area contributed by atoms with Gasteiger partial charge >= 0.3 is 0 Å². The summed E-state index contributed by atoms with van der Waals surface area (Å²) in [7, 11) is -2.17. The van der Waals surface area contributed by atoms with E-state index in [1.54, 1.807) is 37.4 Å². The lowest BCUT2D eigenvalue weighted by atomic mass is 9.91. The van der Waals surface area contributed by atoms with Crippen molar-refractivity contribution in [2.75, 3.05) is 26.8 Å². The first-order valence-corrected chi connectivity index (χ1v) is 14.4. The minimum Gasteiger partial charge on any atom is -0.488 e. The van der Waals surface area contributed by atoms with E-state index in [4.69, 9.17) is 13.9 Å². The summed E-state index contributed by atoms with van der Waals surface area (Å²) in [4.78, 5) is 12.6. The third-order valence-electron chi connectivity index (χ3n) is 6.94. The topological polar surface area (TPSA) is 98.1 Å². The van der Waals surface area contributed by atoms with Gasteiger partial charge in [-0.15, -0.1) is 0 Å². The van der Waals surface area contributed by atoms with Gasteiger partial charge in [-0.05, 0) is 60.7 Å². The number of benzene rings is 2. The van der Waals surface area contributed by atoms with Gasteiger partial charge < -0.3 is 19.2 Å². The Labute approximate surface area is 225 Å². The van der Waals surface area contributed by atoms with Crippen LogP contribution >= 0.6 is 0 Å². The molecule has 8 nitrogen and oxygen atoms in total. The van der Waals surface area contributed by atoms with Gasteiger partial charge in [0.2, 0.25) is 10.0 Å². The highest BCUT2D eigenvalue weighted by atomic mass is 32.2. The zero-order valence-corrected chi connectivity index (χ0v) is 23.2. The normalized spacial score (nSPS) is 17.7. The number of nitrogens with one attached hydrogen (secondary N) is 1. The second kappa shape index (κ2) is 12.1. The fraction of sp³-hybridized carbons (Fsp3) is 0.414. The van der Waals surface area contributed by atoms with E-state index in [1.165, 1.54) is 4.31 Å². The molecule has 1 unspecified atom stereocenters. The maximum atomic E-state index is 13.6. The molecule has 204 valence electrons. The number of hydrogen-bond donors (Lipinski definition) is 1. The van der Waals surface area contributed by atoms with Gasteiger partial charge in [0.15, 0.2) is 5.76 Å².